The van der Waals surface area contributed by atoms with E-state index >= 15 is 0 Å². The molecule has 20 heavy (non-hydrogen) atoms. The third-order valence-electron chi connectivity index (χ3n) is 4.09. The quantitative estimate of drug-likeness (QED) is 0.826. The maximum absolute atomic E-state index is 14.0. The SMILES string of the molecule is CC(Nc1ccc(C(N)=S)c(F)c1F)C1CCCCC1. The molecule has 1 aliphatic rings. The van der Waals surface area contributed by atoms with Gasteiger partial charge in [-0.15, -0.1) is 0 Å². The number of nitrogens with two attached hydrogens (primary N) is 1. The van der Waals surface area contributed by atoms with Gasteiger partial charge in [0.1, 0.15) is 4.99 Å². The van der Waals surface area contributed by atoms with Crippen LogP contribution >= 0.6 is 12.2 Å². The van der Waals surface area contributed by atoms with Crippen LogP contribution in [0, 0.1) is 17.6 Å². The van der Waals surface area contributed by atoms with Crippen molar-refractivity contribution in [1.82, 2.24) is 0 Å². The monoisotopic (exact) mass is 298 g/mol. The zero-order chi connectivity index (χ0) is 14.7. The zero-order valence-corrected chi connectivity index (χ0v) is 12.4. The molecule has 0 saturated heterocycles. The largest absolute Gasteiger partial charge is 0.389 e. The maximum Gasteiger partial charge on any atom is 0.182 e. The van der Waals surface area contributed by atoms with E-state index in [2.05, 4.69) is 5.32 Å². The van der Waals surface area contributed by atoms with Gasteiger partial charge in [0.25, 0.3) is 0 Å². The van der Waals surface area contributed by atoms with Crippen LogP contribution in [0.3, 0.4) is 0 Å². The van der Waals surface area contributed by atoms with Crippen LogP contribution in [-0.4, -0.2) is 11.0 Å². The molecule has 0 aliphatic heterocycles. The minimum atomic E-state index is -0.974. The van der Waals surface area contributed by atoms with Crippen molar-refractivity contribution in [3.05, 3.63) is 29.3 Å². The van der Waals surface area contributed by atoms with Crippen LogP contribution in [-0.2, 0) is 0 Å². The number of anilines is 1. The second kappa shape index (κ2) is 6.48. The second-order valence-electron chi connectivity index (χ2n) is 5.48. The van der Waals surface area contributed by atoms with Gasteiger partial charge in [-0.1, -0.05) is 31.5 Å². The first kappa shape index (κ1) is 15.2. The van der Waals surface area contributed by atoms with Crippen molar-refractivity contribution >= 4 is 22.9 Å². The van der Waals surface area contributed by atoms with E-state index in [-0.39, 0.29) is 22.3 Å². The van der Waals surface area contributed by atoms with Gasteiger partial charge in [-0.25, -0.2) is 8.78 Å². The Morgan fingerprint density at radius 3 is 2.50 bits per heavy atom. The molecule has 0 bridgehead atoms. The van der Waals surface area contributed by atoms with E-state index in [0.717, 1.165) is 12.8 Å². The third kappa shape index (κ3) is 3.26. The van der Waals surface area contributed by atoms with Gasteiger partial charge in [0.15, 0.2) is 11.6 Å². The van der Waals surface area contributed by atoms with E-state index in [9.17, 15) is 8.78 Å². The van der Waals surface area contributed by atoms with Gasteiger partial charge in [0.2, 0.25) is 0 Å². The number of hydrogen-bond donors (Lipinski definition) is 2. The molecule has 1 aromatic carbocycles. The molecule has 1 fully saturated rings. The topological polar surface area (TPSA) is 38.0 Å². The Labute approximate surface area is 123 Å². The minimum Gasteiger partial charge on any atom is -0.389 e. The number of rotatable bonds is 4. The highest BCUT2D eigenvalue weighted by atomic mass is 32.1. The minimum absolute atomic E-state index is 0.0478. The molecule has 0 radical (unpaired) electrons. The average molecular weight is 298 g/mol. The molecule has 1 unspecified atom stereocenters. The maximum atomic E-state index is 14.0. The van der Waals surface area contributed by atoms with Crippen molar-refractivity contribution in [2.24, 2.45) is 11.7 Å². The highest BCUT2D eigenvalue weighted by Gasteiger charge is 2.22. The Morgan fingerprint density at radius 1 is 1.25 bits per heavy atom. The summed E-state index contributed by atoms with van der Waals surface area (Å²) in [6.45, 7) is 2.02. The van der Waals surface area contributed by atoms with Gasteiger partial charge < -0.3 is 11.1 Å². The number of thiocarbonyl (C=S) groups is 1. The number of nitrogens with one attached hydrogen (secondary N) is 1. The van der Waals surface area contributed by atoms with Crippen molar-refractivity contribution in [1.29, 1.82) is 0 Å². The predicted molar refractivity (Wildman–Crippen MR) is 81.9 cm³/mol. The fourth-order valence-electron chi connectivity index (χ4n) is 2.85. The van der Waals surface area contributed by atoms with Gasteiger partial charge in [-0.3, -0.25) is 0 Å². The molecule has 3 N–H and O–H groups in total. The normalized spacial score (nSPS) is 17.8. The van der Waals surface area contributed by atoms with Crippen LogP contribution in [0.15, 0.2) is 12.1 Å². The Morgan fingerprint density at radius 2 is 1.90 bits per heavy atom. The van der Waals surface area contributed by atoms with Crippen LogP contribution in [0.2, 0.25) is 0 Å². The number of benzene rings is 1. The molecule has 1 saturated carbocycles. The summed E-state index contributed by atoms with van der Waals surface area (Å²) in [4.78, 5) is -0.131. The van der Waals surface area contributed by atoms with Crippen LogP contribution in [0.4, 0.5) is 14.5 Å². The Bertz CT molecular complexity index is 499. The van der Waals surface area contributed by atoms with Gasteiger partial charge in [0, 0.05) is 11.6 Å². The van der Waals surface area contributed by atoms with E-state index in [1.54, 1.807) is 0 Å². The Balaban J connectivity index is 2.13. The molecule has 1 atom stereocenters. The third-order valence-corrected chi connectivity index (χ3v) is 4.31. The van der Waals surface area contributed by atoms with Gasteiger partial charge in [0.05, 0.1) is 5.69 Å². The summed E-state index contributed by atoms with van der Waals surface area (Å²) in [5.74, 6) is -1.36. The summed E-state index contributed by atoms with van der Waals surface area (Å²) in [6.07, 6.45) is 5.99. The van der Waals surface area contributed by atoms with Gasteiger partial charge >= 0.3 is 0 Å². The van der Waals surface area contributed by atoms with E-state index in [1.807, 2.05) is 6.92 Å². The highest BCUT2D eigenvalue weighted by molar-refractivity contribution is 7.80. The molecule has 2 nitrogen and oxygen atoms in total. The molecule has 0 heterocycles. The predicted octanol–water partition coefficient (Wildman–Crippen LogP) is 3.98. The van der Waals surface area contributed by atoms with Crippen molar-refractivity contribution in [2.45, 2.75) is 45.1 Å². The summed E-state index contributed by atoms with van der Waals surface area (Å²) in [6, 6.07) is 3.06. The average Bonchev–Trinajstić information content (AvgIpc) is 2.44. The van der Waals surface area contributed by atoms with Crippen molar-refractivity contribution in [2.75, 3.05) is 5.32 Å². The standard InChI is InChI=1S/C15H20F2N2S/c1-9(10-5-3-2-4-6-10)19-12-8-7-11(15(18)20)13(16)14(12)17/h7-10,19H,2-6H2,1H3,(H2,18,20). The molecule has 1 aliphatic carbocycles. The fraction of sp³-hybridized carbons (Fsp3) is 0.533. The molecule has 2 rings (SSSR count). The molecule has 5 heteroatoms. The van der Waals surface area contributed by atoms with E-state index in [1.165, 1.54) is 31.4 Å². The van der Waals surface area contributed by atoms with Gasteiger partial charge in [-0.05, 0) is 37.8 Å². The molecule has 1 aromatic rings. The summed E-state index contributed by atoms with van der Waals surface area (Å²) in [5.41, 5.74) is 5.49. The second-order valence-corrected chi connectivity index (χ2v) is 5.92. The van der Waals surface area contributed by atoms with Crippen LogP contribution in [0.1, 0.15) is 44.6 Å². The van der Waals surface area contributed by atoms with Crippen LogP contribution in [0.5, 0.6) is 0 Å². The Kier molecular flexibility index (Phi) is 4.91. The van der Waals surface area contributed by atoms with Crippen LogP contribution in [0.25, 0.3) is 0 Å². The lowest BCUT2D eigenvalue weighted by molar-refractivity contribution is 0.327. The number of halogens is 2. The molecular weight excluding hydrogens is 278 g/mol. The van der Waals surface area contributed by atoms with Crippen molar-refractivity contribution in [3.8, 4) is 0 Å². The van der Waals surface area contributed by atoms with Crippen molar-refractivity contribution in [3.63, 3.8) is 0 Å². The zero-order valence-electron chi connectivity index (χ0n) is 11.6. The molecule has 0 aromatic heterocycles. The number of hydrogen-bond acceptors (Lipinski definition) is 2. The summed E-state index contributed by atoms with van der Waals surface area (Å²) < 4.78 is 27.8. The van der Waals surface area contributed by atoms with E-state index < -0.39 is 11.6 Å². The smallest absolute Gasteiger partial charge is 0.182 e. The summed E-state index contributed by atoms with van der Waals surface area (Å²) >= 11 is 4.69. The van der Waals surface area contributed by atoms with Crippen LogP contribution < -0.4 is 11.1 Å². The van der Waals surface area contributed by atoms with Gasteiger partial charge in [-0.2, -0.15) is 0 Å². The molecule has 110 valence electrons. The first-order chi connectivity index (χ1) is 9.50. The van der Waals surface area contributed by atoms with E-state index in [0.29, 0.717) is 5.92 Å². The Hall–Kier alpha value is -1.23. The molecule has 0 spiro atoms. The molecule has 0 amide bonds. The lowest BCUT2D eigenvalue weighted by Gasteiger charge is -2.29. The highest BCUT2D eigenvalue weighted by Crippen LogP contribution is 2.29. The first-order valence-electron chi connectivity index (χ1n) is 7.05. The van der Waals surface area contributed by atoms with Crippen molar-refractivity contribution < 1.29 is 8.78 Å². The first-order valence-corrected chi connectivity index (χ1v) is 7.46. The molecular formula is C15H20F2N2S. The van der Waals surface area contributed by atoms with E-state index in [4.69, 9.17) is 18.0 Å². The lowest BCUT2D eigenvalue weighted by atomic mass is 9.84. The fourth-order valence-corrected chi connectivity index (χ4v) is 3.01. The summed E-state index contributed by atoms with van der Waals surface area (Å²) in [5, 5.41) is 3.09. The summed E-state index contributed by atoms with van der Waals surface area (Å²) in [7, 11) is 0. The lowest BCUT2D eigenvalue weighted by Crippen LogP contribution is -2.28.